The Morgan fingerprint density at radius 1 is 1.50 bits per heavy atom. The number of hydrogen-bond acceptors (Lipinski definition) is 4. The van der Waals surface area contributed by atoms with E-state index in [1.807, 2.05) is 6.07 Å². The first kappa shape index (κ1) is 10.9. The van der Waals surface area contributed by atoms with Crippen LogP contribution in [0.5, 0.6) is 5.75 Å². The molecule has 1 unspecified atom stereocenters. The van der Waals surface area contributed by atoms with Crippen LogP contribution in [0.1, 0.15) is 31.0 Å². The van der Waals surface area contributed by atoms with Crippen LogP contribution in [0, 0.1) is 11.3 Å². The third-order valence-electron chi connectivity index (χ3n) is 2.92. The Hall–Kier alpha value is -1.57. The van der Waals surface area contributed by atoms with Crippen molar-refractivity contribution in [1.82, 2.24) is 0 Å². The molecule has 1 aromatic carbocycles. The summed E-state index contributed by atoms with van der Waals surface area (Å²) in [6.07, 6.45) is -0.783. The maximum atomic E-state index is 9.98. The lowest BCUT2D eigenvalue weighted by Crippen LogP contribution is -2.51. The normalized spacial score (nSPS) is 26.4. The first-order chi connectivity index (χ1) is 7.45. The van der Waals surface area contributed by atoms with Crippen molar-refractivity contribution in [3.8, 4) is 11.8 Å². The van der Waals surface area contributed by atoms with Gasteiger partial charge >= 0.3 is 0 Å². The van der Waals surface area contributed by atoms with E-state index in [1.54, 1.807) is 32.0 Å². The number of nitrogens with zero attached hydrogens (tertiary/aromatic N) is 1. The van der Waals surface area contributed by atoms with E-state index in [2.05, 4.69) is 0 Å². The number of fused-ring (bicyclic) bond motifs is 1. The summed E-state index contributed by atoms with van der Waals surface area (Å²) in [6.45, 7) is 3.58. The Labute approximate surface area is 94.3 Å². The van der Waals surface area contributed by atoms with Gasteiger partial charge in [0, 0.05) is 5.56 Å². The molecule has 0 aromatic heterocycles. The molecular formula is C12H14N2O2. The smallest absolute Gasteiger partial charge is 0.131 e. The molecule has 4 heteroatoms. The van der Waals surface area contributed by atoms with Crippen molar-refractivity contribution in [3.63, 3.8) is 0 Å². The Balaban J connectivity index is 2.52. The van der Waals surface area contributed by atoms with Crippen LogP contribution >= 0.6 is 0 Å². The van der Waals surface area contributed by atoms with Gasteiger partial charge in [-0.3, -0.25) is 0 Å². The van der Waals surface area contributed by atoms with Crippen molar-refractivity contribution >= 4 is 0 Å². The van der Waals surface area contributed by atoms with Crippen LogP contribution in [0.15, 0.2) is 18.2 Å². The maximum Gasteiger partial charge on any atom is 0.131 e. The highest BCUT2D eigenvalue weighted by molar-refractivity contribution is 5.46. The quantitative estimate of drug-likeness (QED) is 0.683. The Kier molecular flexibility index (Phi) is 2.38. The number of nitriles is 1. The van der Waals surface area contributed by atoms with E-state index in [0.29, 0.717) is 16.9 Å². The van der Waals surface area contributed by atoms with Crippen molar-refractivity contribution in [2.45, 2.75) is 31.6 Å². The maximum absolute atomic E-state index is 9.98. The molecule has 0 saturated heterocycles. The molecule has 1 aromatic rings. The lowest BCUT2D eigenvalue weighted by Gasteiger charge is -2.40. The highest BCUT2D eigenvalue weighted by Crippen LogP contribution is 2.38. The second-order valence-corrected chi connectivity index (χ2v) is 4.54. The number of aliphatic hydroxyl groups is 1. The van der Waals surface area contributed by atoms with Crippen LogP contribution in [-0.2, 0) is 0 Å². The largest absolute Gasteiger partial charge is 0.485 e. The van der Waals surface area contributed by atoms with Crippen LogP contribution in [-0.4, -0.2) is 16.8 Å². The number of nitrogens with two attached hydrogens (primary N) is 1. The lowest BCUT2D eigenvalue weighted by atomic mass is 9.86. The molecule has 0 saturated carbocycles. The van der Waals surface area contributed by atoms with Crippen LogP contribution < -0.4 is 10.5 Å². The molecule has 0 amide bonds. The van der Waals surface area contributed by atoms with Gasteiger partial charge in [0.1, 0.15) is 17.5 Å². The Bertz CT molecular complexity index is 463. The van der Waals surface area contributed by atoms with Gasteiger partial charge in [-0.25, -0.2) is 0 Å². The van der Waals surface area contributed by atoms with E-state index in [1.165, 1.54) is 0 Å². The van der Waals surface area contributed by atoms with E-state index in [-0.39, 0.29) is 0 Å². The number of aliphatic hydroxyl groups excluding tert-OH is 1. The first-order valence-electron chi connectivity index (χ1n) is 5.12. The van der Waals surface area contributed by atoms with Gasteiger partial charge < -0.3 is 15.6 Å². The van der Waals surface area contributed by atoms with Crippen LogP contribution in [0.4, 0.5) is 0 Å². The van der Waals surface area contributed by atoms with E-state index in [9.17, 15) is 5.11 Å². The summed E-state index contributed by atoms with van der Waals surface area (Å²) in [6, 6.07) is 6.59. The molecule has 4 nitrogen and oxygen atoms in total. The predicted octanol–water partition coefficient (Wildman–Crippen LogP) is 1.09. The Morgan fingerprint density at radius 3 is 2.81 bits per heavy atom. The molecule has 16 heavy (non-hydrogen) atoms. The number of benzene rings is 1. The summed E-state index contributed by atoms with van der Waals surface area (Å²) in [5, 5.41) is 18.8. The van der Waals surface area contributed by atoms with Crippen molar-refractivity contribution in [3.05, 3.63) is 29.3 Å². The monoisotopic (exact) mass is 218 g/mol. The molecule has 1 aliphatic rings. The highest BCUT2D eigenvalue weighted by Gasteiger charge is 2.41. The van der Waals surface area contributed by atoms with Crippen LogP contribution in [0.25, 0.3) is 0 Å². The second kappa shape index (κ2) is 3.48. The van der Waals surface area contributed by atoms with Gasteiger partial charge in [0.05, 0.1) is 17.7 Å². The molecule has 84 valence electrons. The van der Waals surface area contributed by atoms with Crippen molar-refractivity contribution in [1.29, 1.82) is 5.26 Å². The molecule has 2 atom stereocenters. The number of ether oxygens (including phenoxy) is 1. The van der Waals surface area contributed by atoms with Gasteiger partial charge in [0.25, 0.3) is 0 Å². The SMILES string of the molecule is CC1(C)Oc2ccc(C#N)cc2C(N)[C@H]1O. The van der Waals surface area contributed by atoms with Gasteiger partial charge in [-0.2, -0.15) is 5.26 Å². The lowest BCUT2D eigenvalue weighted by molar-refractivity contribution is -0.0571. The molecule has 2 rings (SSSR count). The summed E-state index contributed by atoms with van der Waals surface area (Å²) in [5.74, 6) is 0.641. The zero-order chi connectivity index (χ0) is 11.9. The van der Waals surface area contributed by atoms with Crippen LogP contribution in [0.2, 0.25) is 0 Å². The number of rotatable bonds is 0. The molecule has 1 heterocycles. The van der Waals surface area contributed by atoms with Gasteiger partial charge in [-0.1, -0.05) is 0 Å². The minimum atomic E-state index is -0.783. The number of hydrogen-bond donors (Lipinski definition) is 2. The minimum absolute atomic E-state index is 0.518. The fourth-order valence-electron chi connectivity index (χ4n) is 1.92. The molecule has 1 aliphatic heterocycles. The average Bonchev–Trinajstić information content (AvgIpc) is 2.25. The summed E-state index contributed by atoms with van der Waals surface area (Å²) in [5.41, 5.74) is 6.45. The topological polar surface area (TPSA) is 79.3 Å². The minimum Gasteiger partial charge on any atom is -0.485 e. The fraction of sp³-hybridized carbons (Fsp3) is 0.417. The third-order valence-corrected chi connectivity index (χ3v) is 2.92. The van der Waals surface area contributed by atoms with Crippen molar-refractivity contribution in [2.75, 3.05) is 0 Å². The molecule has 0 spiro atoms. The molecular weight excluding hydrogens is 204 g/mol. The van der Waals surface area contributed by atoms with Crippen molar-refractivity contribution in [2.24, 2.45) is 5.73 Å². The molecule has 3 N–H and O–H groups in total. The van der Waals surface area contributed by atoms with E-state index < -0.39 is 17.7 Å². The Morgan fingerprint density at radius 2 is 2.19 bits per heavy atom. The molecule has 0 bridgehead atoms. The summed E-state index contributed by atoms with van der Waals surface area (Å²) >= 11 is 0. The molecule has 0 radical (unpaired) electrons. The third kappa shape index (κ3) is 1.54. The zero-order valence-electron chi connectivity index (χ0n) is 9.27. The van der Waals surface area contributed by atoms with Crippen molar-refractivity contribution < 1.29 is 9.84 Å². The highest BCUT2D eigenvalue weighted by atomic mass is 16.5. The van der Waals surface area contributed by atoms with Gasteiger partial charge in [0.2, 0.25) is 0 Å². The predicted molar refractivity (Wildman–Crippen MR) is 58.8 cm³/mol. The van der Waals surface area contributed by atoms with Crippen LogP contribution in [0.3, 0.4) is 0 Å². The summed E-state index contributed by atoms with van der Waals surface area (Å²) in [4.78, 5) is 0. The first-order valence-corrected chi connectivity index (χ1v) is 5.12. The summed E-state index contributed by atoms with van der Waals surface area (Å²) in [7, 11) is 0. The molecule has 0 fully saturated rings. The average molecular weight is 218 g/mol. The van der Waals surface area contributed by atoms with E-state index >= 15 is 0 Å². The summed E-state index contributed by atoms with van der Waals surface area (Å²) < 4.78 is 5.66. The molecule has 0 aliphatic carbocycles. The standard InChI is InChI=1S/C12H14N2O2/c1-12(2)11(15)10(14)8-5-7(6-13)3-4-9(8)16-12/h3-5,10-11,15H,14H2,1-2H3/t10?,11-/m1/s1. The van der Waals surface area contributed by atoms with Gasteiger partial charge in [0.15, 0.2) is 0 Å². The van der Waals surface area contributed by atoms with Gasteiger partial charge in [-0.05, 0) is 32.0 Å². The van der Waals surface area contributed by atoms with E-state index in [4.69, 9.17) is 15.7 Å². The zero-order valence-corrected chi connectivity index (χ0v) is 9.27. The van der Waals surface area contributed by atoms with E-state index in [0.717, 1.165) is 0 Å². The fourth-order valence-corrected chi connectivity index (χ4v) is 1.92. The van der Waals surface area contributed by atoms with Gasteiger partial charge in [-0.15, -0.1) is 0 Å². The second-order valence-electron chi connectivity index (χ2n) is 4.54.